The van der Waals surface area contributed by atoms with Gasteiger partial charge in [-0.25, -0.2) is 0 Å². The topological polar surface area (TPSA) is 58.9 Å². The molecule has 0 radical (unpaired) electrons. The maximum atomic E-state index is 8.61. The average molecular weight is 212 g/mol. The van der Waals surface area contributed by atoms with Crippen LogP contribution in [-0.4, -0.2) is 36.6 Å². The highest BCUT2D eigenvalue weighted by Crippen LogP contribution is 2.23. The highest BCUT2D eigenvalue weighted by Gasteiger charge is 2.01. The Kier molecular flexibility index (Phi) is 4.93. The monoisotopic (exact) mass is 212 g/mol. The fourth-order valence-corrected chi connectivity index (χ4v) is 1.19. The molecule has 1 aromatic carbocycles. The molecule has 0 aliphatic rings. The Bertz CT molecular complexity index is 299. The summed E-state index contributed by atoms with van der Waals surface area (Å²) in [6.07, 6.45) is 0. The summed E-state index contributed by atoms with van der Waals surface area (Å²) in [6.45, 7) is 2.48. The van der Waals surface area contributed by atoms with Crippen LogP contribution in [-0.2, 0) is 0 Å². The van der Waals surface area contributed by atoms with Gasteiger partial charge in [-0.1, -0.05) is 0 Å². The standard InChI is InChI=1S/C11H16O4/c1-9-8-10(14-6-4-12)2-3-11(9)15-7-5-13/h2-3,8,12-13H,4-7H2,1H3. The molecule has 1 rings (SSSR count). The minimum atomic E-state index is 0.00180. The van der Waals surface area contributed by atoms with Crippen molar-refractivity contribution < 1.29 is 19.7 Å². The number of aliphatic hydroxyl groups is 2. The van der Waals surface area contributed by atoms with E-state index in [1.165, 1.54) is 0 Å². The lowest BCUT2D eigenvalue weighted by atomic mass is 10.2. The van der Waals surface area contributed by atoms with E-state index in [9.17, 15) is 0 Å². The van der Waals surface area contributed by atoms with Crippen LogP contribution in [0, 0.1) is 6.92 Å². The van der Waals surface area contributed by atoms with E-state index < -0.39 is 0 Å². The van der Waals surface area contributed by atoms with Gasteiger partial charge in [0.25, 0.3) is 0 Å². The Balaban J connectivity index is 2.61. The third-order valence-electron chi connectivity index (χ3n) is 1.86. The molecule has 4 heteroatoms. The Labute approximate surface area is 89.1 Å². The van der Waals surface area contributed by atoms with Gasteiger partial charge >= 0.3 is 0 Å². The largest absolute Gasteiger partial charge is 0.491 e. The average Bonchev–Trinajstić information content (AvgIpc) is 2.25. The van der Waals surface area contributed by atoms with Crippen LogP contribution in [0.1, 0.15) is 5.56 Å². The molecule has 1 aromatic rings. The Morgan fingerprint density at radius 2 is 1.73 bits per heavy atom. The van der Waals surface area contributed by atoms with Gasteiger partial charge in [-0.3, -0.25) is 0 Å². The molecule has 2 N–H and O–H groups in total. The Morgan fingerprint density at radius 3 is 2.33 bits per heavy atom. The van der Waals surface area contributed by atoms with Crippen LogP contribution in [0.5, 0.6) is 11.5 Å². The second kappa shape index (κ2) is 6.27. The molecule has 4 nitrogen and oxygen atoms in total. The van der Waals surface area contributed by atoms with Gasteiger partial charge in [0, 0.05) is 0 Å². The SMILES string of the molecule is Cc1cc(OCCO)ccc1OCCO. The van der Waals surface area contributed by atoms with Gasteiger partial charge < -0.3 is 19.7 Å². The van der Waals surface area contributed by atoms with Crippen LogP contribution in [0.3, 0.4) is 0 Å². The molecule has 0 saturated carbocycles. The van der Waals surface area contributed by atoms with E-state index in [4.69, 9.17) is 19.7 Å². The maximum absolute atomic E-state index is 8.61. The van der Waals surface area contributed by atoms with Crippen molar-refractivity contribution in [2.24, 2.45) is 0 Å². The zero-order chi connectivity index (χ0) is 11.1. The molecule has 0 atom stereocenters. The number of aliphatic hydroxyl groups excluding tert-OH is 2. The van der Waals surface area contributed by atoms with Gasteiger partial charge in [0.1, 0.15) is 24.7 Å². The van der Waals surface area contributed by atoms with Crippen LogP contribution in [0.15, 0.2) is 18.2 Å². The summed E-state index contributed by atoms with van der Waals surface area (Å²) in [7, 11) is 0. The first-order valence-electron chi connectivity index (χ1n) is 4.86. The lowest BCUT2D eigenvalue weighted by Crippen LogP contribution is -2.04. The molecule has 0 spiro atoms. The van der Waals surface area contributed by atoms with Crippen molar-refractivity contribution in [1.29, 1.82) is 0 Å². The minimum absolute atomic E-state index is 0.00180. The summed E-state index contributed by atoms with van der Waals surface area (Å²) >= 11 is 0. The van der Waals surface area contributed by atoms with E-state index in [1.54, 1.807) is 12.1 Å². The summed E-state index contributed by atoms with van der Waals surface area (Å²) in [5, 5.41) is 17.2. The van der Waals surface area contributed by atoms with Gasteiger partial charge in [0.15, 0.2) is 0 Å². The summed E-state index contributed by atoms with van der Waals surface area (Å²) < 4.78 is 10.5. The van der Waals surface area contributed by atoms with Crippen LogP contribution < -0.4 is 9.47 Å². The molecular formula is C11H16O4. The van der Waals surface area contributed by atoms with Crippen molar-refractivity contribution in [2.75, 3.05) is 26.4 Å². The highest BCUT2D eigenvalue weighted by molar-refractivity contribution is 5.39. The molecule has 0 amide bonds. The normalized spacial score (nSPS) is 10.1. The molecule has 15 heavy (non-hydrogen) atoms. The van der Waals surface area contributed by atoms with Crippen molar-refractivity contribution in [3.8, 4) is 11.5 Å². The molecule has 0 aliphatic carbocycles. The second-order valence-corrected chi connectivity index (χ2v) is 3.07. The molecule has 84 valence electrons. The number of hydrogen-bond donors (Lipinski definition) is 2. The molecule has 0 aromatic heterocycles. The van der Waals surface area contributed by atoms with Crippen molar-refractivity contribution in [2.45, 2.75) is 6.92 Å². The lowest BCUT2D eigenvalue weighted by molar-refractivity contribution is 0.197. The maximum Gasteiger partial charge on any atom is 0.122 e. The van der Waals surface area contributed by atoms with Crippen molar-refractivity contribution in [3.05, 3.63) is 23.8 Å². The predicted molar refractivity (Wildman–Crippen MR) is 56.3 cm³/mol. The summed E-state index contributed by atoms with van der Waals surface area (Å²) in [6, 6.07) is 5.40. The first-order chi connectivity index (χ1) is 7.27. The summed E-state index contributed by atoms with van der Waals surface area (Å²) in [5.74, 6) is 1.44. The number of ether oxygens (including phenoxy) is 2. The third-order valence-corrected chi connectivity index (χ3v) is 1.86. The molecule has 0 saturated heterocycles. The minimum Gasteiger partial charge on any atom is -0.491 e. The molecular weight excluding hydrogens is 196 g/mol. The lowest BCUT2D eigenvalue weighted by Gasteiger charge is -2.10. The Morgan fingerprint density at radius 1 is 1.07 bits per heavy atom. The quantitative estimate of drug-likeness (QED) is 0.730. The van der Waals surface area contributed by atoms with Gasteiger partial charge in [0.2, 0.25) is 0 Å². The molecule has 0 fully saturated rings. The van der Waals surface area contributed by atoms with Crippen molar-refractivity contribution in [3.63, 3.8) is 0 Å². The summed E-state index contributed by atoms with van der Waals surface area (Å²) in [4.78, 5) is 0. The second-order valence-electron chi connectivity index (χ2n) is 3.07. The molecule has 0 heterocycles. The molecule has 0 aliphatic heterocycles. The number of aryl methyl sites for hydroxylation is 1. The van der Waals surface area contributed by atoms with E-state index in [2.05, 4.69) is 0 Å². The molecule has 0 bridgehead atoms. The van der Waals surface area contributed by atoms with E-state index in [0.717, 1.165) is 11.3 Å². The number of benzene rings is 1. The number of rotatable bonds is 6. The van der Waals surface area contributed by atoms with Crippen LogP contribution in [0.25, 0.3) is 0 Å². The van der Waals surface area contributed by atoms with Crippen molar-refractivity contribution in [1.82, 2.24) is 0 Å². The van der Waals surface area contributed by atoms with Crippen LogP contribution >= 0.6 is 0 Å². The van der Waals surface area contributed by atoms with Gasteiger partial charge in [-0.2, -0.15) is 0 Å². The van der Waals surface area contributed by atoms with Gasteiger partial charge in [-0.15, -0.1) is 0 Å². The van der Waals surface area contributed by atoms with E-state index >= 15 is 0 Å². The predicted octanol–water partition coefficient (Wildman–Crippen LogP) is 0.737. The zero-order valence-electron chi connectivity index (χ0n) is 8.77. The van der Waals surface area contributed by atoms with Crippen LogP contribution in [0.2, 0.25) is 0 Å². The Hall–Kier alpha value is -1.26. The highest BCUT2D eigenvalue weighted by atomic mass is 16.5. The summed E-state index contributed by atoms with van der Waals surface area (Å²) in [5.41, 5.74) is 0.943. The smallest absolute Gasteiger partial charge is 0.122 e. The number of hydrogen-bond acceptors (Lipinski definition) is 4. The zero-order valence-corrected chi connectivity index (χ0v) is 8.77. The van der Waals surface area contributed by atoms with E-state index in [1.807, 2.05) is 13.0 Å². The third kappa shape index (κ3) is 3.77. The first-order valence-corrected chi connectivity index (χ1v) is 4.86. The van der Waals surface area contributed by atoms with Crippen LogP contribution in [0.4, 0.5) is 0 Å². The molecule has 0 unspecified atom stereocenters. The van der Waals surface area contributed by atoms with Crippen molar-refractivity contribution >= 4 is 0 Å². The van der Waals surface area contributed by atoms with Gasteiger partial charge in [0.05, 0.1) is 13.2 Å². The fourth-order valence-electron chi connectivity index (χ4n) is 1.19. The fraction of sp³-hybridized carbons (Fsp3) is 0.455. The van der Waals surface area contributed by atoms with Gasteiger partial charge in [-0.05, 0) is 30.7 Å². The van der Waals surface area contributed by atoms with E-state index in [-0.39, 0.29) is 26.4 Å². The van der Waals surface area contributed by atoms with E-state index in [0.29, 0.717) is 5.75 Å². The first kappa shape index (κ1) is 11.8.